The minimum Gasteiger partial charge on any atom is -0.393 e. The third-order valence-corrected chi connectivity index (χ3v) is 11.8. The number of carbonyl (C=O) groups excluding carboxylic acids is 1. The van der Waals surface area contributed by atoms with Crippen LogP contribution in [0.3, 0.4) is 0 Å². The summed E-state index contributed by atoms with van der Waals surface area (Å²) in [5.41, 5.74) is -0.290. The van der Waals surface area contributed by atoms with E-state index in [1.54, 1.807) is 0 Å². The number of hydrogen-bond donors (Lipinski definition) is 4. The highest BCUT2D eigenvalue weighted by Crippen LogP contribution is 2.68. The summed E-state index contributed by atoms with van der Waals surface area (Å²) in [5, 5.41) is 37.4. The summed E-state index contributed by atoms with van der Waals surface area (Å²) in [6.45, 7) is 10.8. The Morgan fingerprint density at radius 3 is 2.42 bits per heavy atom. The van der Waals surface area contributed by atoms with Gasteiger partial charge in [-0.25, -0.2) is 0 Å². The number of nitrogens with one attached hydrogen (secondary N) is 1. The molecule has 0 aliphatic heterocycles. The van der Waals surface area contributed by atoms with Crippen molar-refractivity contribution in [2.75, 3.05) is 27.2 Å². The Balaban J connectivity index is 1.54. The highest BCUT2D eigenvalue weighted by Gasteiger charge is 2.66. The third-order valence-electron chi connectivity index (χ3n) is 11.8. The Bertz CT molecular complexity index is 776. The van der Waals surface area contributed by atoms with Gasteiger partial charge >= 0.3 is 0 Å². The lowest BCUT2D eigenvalue weighted by molar-refractivity contribution is -0.213. The van der Waals surface area contributed by atoms with Crippen LogP contribution in [0.25, 0.3) is 0 Å². The van der Waals surface area contributed by atoms with Crippen molar-refractivity contribution in [3.8, 4) is 0 Å². The number of nitrogens with zero attached hydrogens (tertiary/aromatic N) is 1. The van der Waals surface area contributed by atoms with Crippen molar-refractivity contribution in [1.82, 2.24) is 10.2 Å². The highest BCUT2D eigenvalue weighted by molar-refractivity contribution is 5.79. The number of amides is 1. The first-order valence-corrected chi connectivity index (χ1v) is 14.9. The molecule has 6 heteroatoms. The summed E-state index contributed by atoms with van der Waals surface area (Å²) in [4.78, 5) is 15.3. The number of aliphatic hydroxyl groups is 3. The van der Waals surface area contributed by atoms with Gasteiger partial charge in [-0.05, 0) is 112 Å². The summed E-state index contributed by atoms with van der Waals surface area (Å²) in [5.74, 6) is 1.54. The van der Waals surface area contributed by atoms with Gasteiger partial charge in [0.25, 0.3) is 0 Å². The first kappa shape index (κ1) is 28.3. The molecule has 4 aliphatic carbocycles. The van der Waals surface area contributed by atoms with Crippen LogP contribution in [0.4, 0.5) is 0 Å². The smallest absolute Gasteiger partial charge is 0.225 e. The van der Waals surface area contributed by atoms with Crippen LogP contribution in [0.1, 0.15) is 85.5 Å². The normalized spacial score (nSPS) is 47.1. The molecule has 1 amide bonds. The van der Waals surface area contributed by atoms with E-state index < -0.39 is 12.0 Å². The molecule has 12 atom stereocenters. The van der Waals surface area contributed by atoms with E-state index in [1.807, 2.05) is 14.1 Å². The van der Waals surface area contributed by atoms with Gasteiger partial charge in [-0.15, -0.1) is 0 Å². The summed E-state index contributed by atoms with van der Waals surface area (Å²) in [7, 11) is 4.06. The van der Waals surface area contributed by atoms with Gasteiger partial charge < -0.3 is 25.5 Å². The van der Waals surface area contributed by atoms with Crippen molar-refractivity contribution < 1.29 is 20.1 Å². The molecule has 0 spiro atoms. The maximum atomic E-state index is 13.2. The molecule has 0 aromatic heterocycles. The van der Waals surface area contributed by atoms with E-state index in [-0.39, 0.29) is 46.7 Å². The van der Waals surface area contributed by atoms with Crippen LogP contribution in [0.15, 0.2) is 0 Å². The molecular formula is C30H54N2O4. The van der Waals surface area contributed by atoms with E-state index in [0.29, 0.717) is 50.0 Å². The molecule has 0 bridgehead atoms. The second-order valence-electron chi connectivity index (χ2n) is 13.9. The highest BCUT2D eigenvalue weighted by atomic mass is 16.3. The number of aliphatic hydroxyl groups excluding tert-OH is 3. The lowest BCUT2D eigenvalue weighted by Gasteiger charge is -2.64. The predicted octanol–water partition coefficient (Wildman–Crippen LogP) is 3.68. The van der Waals surface area contributed by atoms with Crippen LogP contribution >= 0.6 is 0 Å². The maximum Gasteiger partial charge on any atom is 0.225 e. The Labute approximate surface area is 219 Å². The SMILES string of the molecule is CCC[C@@H](C)[C@H]1CC[C@H]2[C@@H]3C(O)CC4CC(O)C(C(=O)NCCCN(C)C)C[C@]4(C)[C@H]3CC(O)[C@]12C. The Kier molecular flexibility index (Phi) is 8.51. The third kappa shape index (κ3) is 4.78. The standard InChI is InChI=1S/C30H54N2O4/c1-7-9-18(2)21-10-11-22-27-23(16-26(35)30(21,22)4)29(3)17-20(24(33)14-19(29)15-25(27)34)28(36)31-12-8-13-32(5)6/h18-27,33-35H,7-17H2,1-6H3,(H,31,36)/t18-,19?,20?,21-,22+,23+,24?,25?,26?,27+,29+,30-/m1/s1. The van der Waals surface area contributed by atoms with Gasteiger partial charge in [0, 0.05) is 6.54 Å². The zero-order valence-electron chi connectivity index (χ0n) is 23.7. The summed E-state index contributed by atoms with van der Waals surface area (Å²) in [6, 6.07) is 0. The van der Waals surface area contributed by atoms with Crippen LogP contribution in [-0.4, -0.2) is 71.6 Å². The predicted molar refractivity (Wildman–Crippen MR) is 143 cm³/mol. The average molecular weight is 507 g/mol. The Hall–Kier alpha value is -0.690. The van der Waals surface area contributed by atoms with Gasteiger partial charge in [0.15, 0.2) is 0 Å². The van der Waals surface area contributed by atoms with Gasteiger partial charge in [0.1, 0.15) is 0 Å². The summed E-state index contributed by atoms with van der Waals surface area (Å²) >= 11 is 0. The number of rotatable bonds is 8. The molecule has 0 heterocycles. The fourth-order valence-electron chi connectivity index (χ4n) is 9.86. The second-order valence-corrected chi connectivity index (χ2v) is 13.9. The van der Waals surface area contributed by atoms with Gasteiger partial charge in [-0.3, -0.25) is 4.79 Å². The van der Waals surface area contributed by atoms with Crippen molar-refractivity contribution in [3.63, 3.8) is 0 Å². The van der Waals surface area contributed by atoms with Crippen LogP contribution in [0, 0.1) is 52.3 Å². The molecule has 36 heavy (non-hydrogen) atoms. The van der Waals surface area contributed by atoms with Gasteiger partial charge in [-0.2, -0.15) is 0 Å². The van der Waals surface area contributed by atoms with E-state index in [1.165, 1.54) is 12.8 Å². The largest absolute Gasteiger partial charge is 0.393 e. The van der Waals surface area contributed by atoms with Crippen molar-refractivity contribution >= 4 is 5.91 Å². The van der Waals surface area contributed by atoms with Crippen LogP contribution < -0.4 is 5.32 Å². The monoisotopic (exact) mass is 506 g/mol. The van der Waals surface area contributed by atoms with Crippen molar-refractivity contribution in [2.24, 2.45) is 52.3 Å². The van der Waals surface area contributed by atoms with E-state index in [0.717, 1.165) is 25.8 Å². The summed E-state index contributed by atoms with van der Waals surface area (Å²) < 4.78 is 0. The van der Waals surface area contributed by atoms with Gasteiger partial charge in [0.05, 0.1) is 24.2 Å². The second kappa shape index (κ2) is 10.8. The molecule has 4 rings (SSSR count). The van der Waals surface area contributed by atoms with Crippen LogP contribution in [-0.2, 0) is 4.79 Å². The molecular weight excluding hydrogens is 452 g/mol. The average Bonchev–Trinajstić information content (AvgIpc) is 3.16. The van der Waals surface area contributed by atoms with Gasteiger partial charge in [0.2, 0.25) is 5.91 Å². The molecule has 6 nitrogen and oxygen atoms in total. The van der Waals surface area contributed by atoms with Gasteiger partial charge in [-0.1, -0.05) is 40.5 Å². The van der Waals surface area contributed by atoms with Crippen molar-refractivity contribution in [2.45, 2.75) is 104 Å². The molecule has 0 radical (unpaired) electrons. The summed E-state index contributed by atoms with van der Waals surface area (Å²) in [6.07, 6.45) is 6.72. The topological polar surface area (TPSA) is 93.0 Å². The van der Waals surface area contributed by atoms with E-state index in [9.17, 15) is 20.1 Å². The van der Waals surface area contributed by atoms with Crippen molar-refractivity contribution in [3.05, 3.63) is 0 Å². The fourth-order valence-corrected chi connectivity index (χ4v) is 9.86. The van der Waals surface area contributed by atoms with E-state index >= 15 is 0 Å². The lowest BCUT2D eigenvalue weighted by Crippen LogP contribution is -2.63. The molecule has 4 aliphatic rings. The van der Waals surface area contributed by atoms with Crippen molar-refractivity contribution in [1.29, 1.82) is 0 Å². The minimum absolute atomic E-state index is 0.0286. The number of hydrogen-bond acceptors (Lipinski definition) is 5. The lowest BCUT2D eigenvalue weighted by atomic mass is 9.42. The quantitative estimate of drug-likeness (QED) is 0.377. The number of carbonyl (C=O) groups is 1. The molecule has 0 aromatic carbocycles. The Morgan fingerprint density at radius 1 is 1.06 bits per heavy atom. The molecule has 0 saturated heterocycles. The molecule has 208 valence electrons. The van der Waals surface area contributed by atoms with Crippen LogP contribution in [0.5, 0.6) is 0 Å². The first-order chi connectivity index (χ1) is 16.9. The van der Waals surface area contributed by atoms with E-state index in [2.05, 4.69) is 37.9 Å². The molecule has 4 N–H and O–H groups in total. The zero-order valence-corrected chi connectivity index (χ0v) is 23.7. The molecule has 4 saturated carbocycles. The molecule has 5 unspecified atom stereocenters. The molecule has 0 aromatic rings. The number of fused-ring (bicyclic) bond motifs is 5. The van der Waals surface area contributed by atoms with E-state index in [4.69, 9.17) is 0 Å². The first-order valence-electron chi connectivity index (χ1n) is 14.9. The zero-order chi connectivity index (χ0) is 26.4. The fraction of sp³-hybridized carbons (Fsp3) is 0.967. The van der Waals surface area contributed by atoms with Crippen LogP contribution in [0.2, 0.25) is 0 Å². The Morgan fingerprint density at radius 2 is 1.75 bits per heavy atom. The minimum atomic E-state index is -0.662. The maximum absolute atomic E-state index is 13.2. The molecule has 4 fully saturated rings.